The van der Waals surface area contributed by atoms with E-state index >= 15 is 0 Å². The Labute approximate surface area is 96.3 Å². The Kier molecular flexibility index (Phi) is 5.72. The number of rotatable bonds is 6. The van der Waals surface area contributed by atoms with Gasteiger partial charge >= 0.3 is 0 Å². The fourth-order valence-corrected chi connectivity index (χ4v) is 1.26. The summed E-state index contributed by atoms with van der Waals surface area (Å²) in [6, 6.07) is 12.0. The summed E-state index contributed by atoms with van der Waals surface area (Å²) in [5.41, 5.74) is 2.04. The Morgan fingerprint density at radius 3 is 2.75 bits per heavy atom. The molecule has 0 saturated heterocycles. The van der Waals surface area contributed by atoms with E-state index in [1.54, 1.807) is 0 Å². The predicted molar refractivity (Wildman–Crippen MR) is 63.8 cm³/mol. The fraction of sp³-hybridized carbons (Fsp3) is 0.385. The number of nitrogens with zero attached hydrogens (tertiary/aromatic N) is 2. The lowest BCUT2D eigenvalue weighted by molar-refractivity contribution is 0.129. The Morgan fingerprint density at radius 2 is 2.12 bits per heavy atom. The van der Waals surface area contributed by atoms with E-state index in [-0.39, 0.29) is 0 Å². The van der Waals surface area contributed by atoms with Crippen molar-refractivity contribution in [3.63, 3.8) is 0 Å². The Balaban J connectivity index is 2.37. The lowest BCUT2D eigenvalue weighted by Crippen LogP contribution is -1.97. The van der Waals surface area contributed by atoms with Gasteiger partial charge in [-0.25, -0.2) is 0 Å². The van der Waals surface area contributed by atoms with Crippen molar-refractivity contribution in [2.75, 3.05) is 0 Å². The van der Waals surface area contributed by atoms with E-state index in [9.17, 15) is 0 Å². The van der Waals surface area contributed by atoms with Crippen molar-refractivity contribution in [1.82, 2.24) is 0 Å². The largest absolute Gasteiger partial charge is 0.391 e. The van der Waals surface area contributed by atoms with Crippen LogP contribution in [-0.4, -0.2) is 5.71 Å². The van der Waals surface area contributed by atoms with Crippen molar-refractivity contribution in [2.24, 2.45) is 5.16 Å². The van der Waals surface area contributed by atoms with Gasteiger partial charge in [-0.1, -0.05) is 42.4 Å². The van der Waals surface area contributed by atoms with E-state index in [1.807, 2.05) is 37.3 Å². The quantitative estimate of drug-likeness (QED) is 0.541. The zero-order valence-corrected chi connectivity index (χ0v) is 9.52. The van der Waals surface area contributed by atoms with Crippen LogP contribution in [0.25, 0.3) is 0 Å². The zero-order valence-electron chi connectivity index (χ0n) is 9.52. The van der Waals surface area contributed by atoms with E-state index < -0.39 is 0 Å². The van der Waals surface area contributed by atoms with E-state index in [2.05, 4.69) is 11.2 Å². The Morgan fingerprint density at radius 1 is 1.38 bits per heavy atom. The summed E-state index contributed by atoms with van der Waals surface area (Å²) >= 11 is 0. The monoisotopic (exact) mass is 216 g/mol. The molecule has 1 aromatic carbocycles. The van der Waals surface area contributed by atoms with Crippen LogP contribution in [0, 0.1) is 11.3 Å². The minimum absolute atomic E-state index is 0.483. The van der Waals surface area contributed by atoms with Gasteiger partial charge in [0.1, 0.15) is 6.61 Å². The topological polar surface area (TPSA) is 45.4 Å². The molecule has 0 unspecified atom stereocenters. The van der Waals surface area contributed by atoms with Crippen LogP contribution in [0.15, 0.2) is 35.5 Å². The first-order valence-electron chi connectivity index (χ1n) is 5.45. The van der Waals surface area contributed by atoms with Crippen molar-refractivity contribution in [3.8, 4) is 6.07 Å². The second-order valence-electron chi connectivity index (χ2n) is 3.43. The third-order valence-corrected chi connectivity index (χ3v) is 2.20. The summed E-state index contributed by atoms with van der Waals surface area (Å²) in [7, 11) is 0. The third kappa shape index (κ3) is 4.61. The molecule has 0 aliphatic carbocycles. The molecule has 0 saturated carbocycles. The third-order valence-electron chi connectivity index (χ3n) is 2.20. The molecule has 0 spiro atoms. The van der Waals surface area contributed by atoms with Gasteiger partial charge < -0.3 is 4.84 Å². The van der Waals surface area contributed by atoms with Gasteiger partial charge in [0.15, 0.2) is 0 Å². The minimum atomic E-state index is 0.483. The van der Waals surface area contributed by atoms with Gasteiger partial charge in [-0.15, -0.1) is 0 Å². The molecule has 0 amide bonds. The smallest absolute Gasteiger partial charge is 0.142 e. The van der Waals surface area contributed by atoms with E-state index in [0.717, 1.165) is 17.7 Å². The van der Waals surface area contributed by atoms with Gasteiger partial charge in [0.05, 0.1) is 11.8 Å². The van der Waals surface area contributed by atoms with Crippen LogP contribution < -0.4 is 0 Å². The highest BCUT2D eigenvalue weighted by atomic mass is 16.6. The molecule has 1 aromatic rings. The normalized spacial score (nSPS) is 10.9. The fourth-order valence-electron chi connectivity index (χ4n) is 1.26. The van der Waals surface area contributed by atoms with Gasteiger partial charge in [0.25, 0.3) is 0 Å². The molecule has 0 fully saturated rings. The number of hydrogen-bond donors (Lipinski definition) is 0. The van der Waals surface area contributed by atoms with Crippen LogP contribution in [0.1, 0.15) is 31.7 Å². The lowest BCUT2D eigenvalue weighted by Gasteiger charge is -2.02. The second kappa shape index (κ2) is 7.47. The average Bonchev–Trinajstić information content (AvgIpc) is 2.35. The molecule has 3 heteroatoms. The summed E-state index contributed by atoms with van der Waals surface area (Å²) in [4.78, 5) is 5.25. The second-order valence-corrected chi connectivity index (χ2v) is 3.43. The highest BCUT2D eigenvalue weighted by Crippen LogP contribution is 2.03. The van der Waals surface area contributed by atoms with Crippen molar-refractivity contribution >= 4 is 5.71 Å². The van der Waals surface area contributed by atoms with E-state index in [4.69, 9.17) is 10.1 Å². The summed E-state index contributed by atoms with van der Waals surface area (Å²) in [5.74, 6) is 0. The van der Waals surface area contributed by atoms with Crippen LogP contribution in [0.5, 0.6) is 0 Å². The Bertz CT molecular complexity index is 365. The summed E-state index contributed by atoms with van der Waals surface area (Å²) < 4.78 is 0. The molecule has 0 aliphatic rings. The number of oxime groups is 1. The van der Waals surface area contributed by atoms with Crippen LogP contribution >= 0.6 is 0 Å². The molecule has 3 nitrogen and oxygen atoms in total. The maximum Gasteiger partial charge on any atom is 0.142 e. The van der Waals surface area contributed by atoms with Gasteiger partial charge in [-0.2, -0.15) is 5.26 Å². The highest BCUT2D eigenvalue weighted by molar-refractivity contribution is 5.83. The minimum Gasteiger partial charge on any atom is -0.391 e. The molecule has 0 heterocycles. The number of hydrogen-bond acceptors (Lipinski definition) is 3. The summed E-state index contributed by atoms with van der Waals surface area (Å²) in [5, 5.41) is 12.5. The van der Waals surface area contributed by atoms with Crippen LogP contribution in [-0.2, 0) is 11.4 Å². The van der Waals surface area contributed by atoms with Crippen LogP contribution in [0.4, 0.5) is 0 Å². The molecule has 0 N–H and O–H groups in total. The van der Waals surface area contributed by atoms with Crippen molar-refractivity contribution in [1.29, 1.82) is 5.26 Å². The van der Waals surface area contributed by atoms with E-state index in [0.29, 0.717) is 19.4 Å². The molecule has 0 bridgehead atoms. The van der Waals surface area contributed by atoms with Gasteiger partial charge in [-0.3, -0.25) is 0 Å². The number of nitriles is 1. The SMILES string of the molecule is CCC(CCC#N)=NOCc1ccccc1. The van der Waals surface area contributed by atoms with E-state index in [1.165, 1.54) is 0 Å². The predicted octanol–water partition coefficient (Wildman–Crippen LogP) is 3.27. The van der Waals surface area contributed by atoms with Crippen LogP contribution in [0.2, 0.25) is 0 Å². The van der Waals surface area contributed by atoms with Crippen molar-refractivity contribution in [3.05, 3.63) is 35.9 Å². The molecule has 0 aromatic heterocycles. The molecule has 1 rings (SSSR count). The Hall–Kier alpha value is -1.82. The maximum absolute atomic E-state index is 8.47. The highest BCUT2D eigenvalue weighted by Gasteiger charge is 1.97. The average molecular weight is 216 g/mol. The van der Waals surface area contributed by atoms with Gasteiger partial charge in [0.2, 0.25) is 0 Å². The first kappa shape index (κ1) is 12.3. The van der Waals surface area contributed by atoms with Crippen LogP contribution in [0.3, 0.4) is 0 Å². The van der Waals surface area contributed by atoms with Crippen molar-refractivity contribution < 1.29 is 4.84 Å². The van der Waals surface area contributed by atoms with Gasteiger partial charge in [-0.05, 0) is 12.0 Å². The molecule has 16 heavy (non-hydrogen) atoms. The molecular formula is C13H16N2O. The zero-order chi connectivity index (χ0) is 11.6. The molecule has 0 aliphatic heterocycles. The lowest BCUT2D eigenvalue weighted by atomic mass is 10.2. The summed E-state index contributed by atoms with van der Waals surface area (Å²) in [6.07, 6.45) is 2.03. The molecular weight excluding hydrogens is 200 g/mol. The number of benzene rings is 1. The van der Waals surface area contributed by atoms with Crippen molar-refractivity contribution in [2.45, 2.75) is 32.8 Å². The molecule has 0 atom stereocenters. The first-order chi connectivity index (χ1) is 7.86. The standard InChI is InChI=1S/C13H16N2O/c1-2-13(9-6-10-14)15-16-11-12-7-4-3-5-8-12/h3-5,7-8H,2,6,9,11H2,1H3. The van der Waals surface area contributed by atoms with Gasteiger partial charge in [0, 0.05) is 12.8 Å². The summed E-state index contributed by atoms with van der Waals surface area (Å²) in [6.45, 7) is 2.50. The molecule has 84 valence electrons. The molecule has 0 radical (unpaired) electrons. The maximum atomic E-state index is 8.47. The first-order valence-corrected chi connectivity index (χ1v) is 5.45.